The molecule has 0 aliphatic rings. The van der Waals surface area contributed by atoms with Crippen LogP contribution in [0.2, 0.25) is 0 Å². The van der Waals surface area contributed by atoms with Crippen molar-refractivity contribution in [3.63, 3.8) is 0 Å². The highest BCUT2D eigenvalue weighted by atomic mass is 19.2. The summed E-state index contributed by atoms with van der Waals surface area (Å²) in [4.78, 5) is 10.6. The molecule has 0 spiro atoms. The van der Waals surface area contributed by atoms with Crippen molar-refractivity contribution in [2.75, 3.05) is 0 Å². The normalized spacial score (nSPS) is 10.8. The van der Waals surface area contributed by atoms with E-state index in [0.29, 0.717) is 6.07 Å². The van der Waals surface area contributed by atoms with E-state index < -0.39 is 58.4 Å². The molecular formula is C14H6F6O2. The van der Waals surface area contributed by atoms with E-state index in [1.54, 1.807) is 0 Å². The average Bonchev–Trinajstić information content (AvgIpc) is 2.46. The summed E-state index contributed by atoms with van der Waals surface area (Å²) in [7, 11) is 0. The molecule has 0 amide bonds. The number of hydrogen-bond donors (Lipinski definition) is 1. The molecule has 2 rings (SSSR count). The molecule has 2 aromatic carbocycles. The van der Waals surface area contributed by atoms with Crippen molar-refractivity contribution < 1.29 is 36.2 Å². The zero-order valence-corrected chi connectivity index (χ0v) is 10.6. The first-order valence-electron chi connectivity index (χ1n) is 5.76. The van der Waals surface area contributed by atoms with E-state index in [1.165, 1.54) is 0 Å². The molecule has 0 heterocycles. The summed E-state index contributed by atoms with van der Waals surface area (Å²) in [5.41, 5.74) is -2.42. The largest absolute Gasteiger partial charge is 0.481 e. The van der Waals surface area contributed by atoms with Crippen LogP contribution in [0.1, 0.15) is 5.56 Å². The monoisotopic (exact) mass is 320 g/mol. The molecular weight excluding hydrogens is 314 g/mol. The smallest absolute Gasteiger partial charge is 0.307 e. The maximum atomic E-state index is 13.7. The molecule has 2 aromatic rings. The second-order valence-corrected chi connectivity index (χ2v) is 4.33. The molecule has 0 saturated carbocycles. The summed E-state index contributed by atoms with van der Waals surface area (Å²) in [6, 6.07) is 2.44. The Morgan fingerprint density at radius 2 is 1.36 bits per heavy atom. The number of benzene rings is 2. The Hall–Kier alpha value is -2.51. The predicted molar refractivity (Wildman–Crippen MR) is 63.0 cm³/mol. The van der Waals surface area contributed by atoms with E-state index in [-0.39, 0.29) is 5.56 Å². The van der Waals surface area contributed by atoms with Gasteiger partial charge in [-0.05, 0) is 17.7 Å². The standard InChI is InChI=1S/C14H6F6O2/c15-7-2-1-5(4-8(21)22)3-6(7)9-10(16)12(18)14(20)13(19)11(9)17/h1-3H,4H2,(H,21,22). The minimum Gasteiger partial charge on any atom is -0.481 e. The second-order valence-electron chi connectivity index (χ2n) is 4.33. The minimum absolute atomic E-state index is 0.0622. The highest BCUT2D eigenvalue weighted by Crippen LogP contribution is 2.33. The molecule has 116 valence electrons. The SMILES string of the molecule is O=C(O)Cc1ccc(F)c(-c2c(F)c(F)c(F)c(F)c2F)c1. The summed E-state index contributed by atoms with van der Waals surface area (Å²) in [5, 5.41) is 8.62. The van der Waals surface area contributed by atoms with Crippen LogP contribution in [-0.2, 0) is 11.2 Å². The first-order chi connectivity index (χ1) is 10.2. The van der Waals surface area contributed by atoms with Gasteiger partial charge in [0.15, 0.2) is 23.3 Å². The van der Waals surface area contributed by atoms with Crippen LogP contribution < -0.4 is 0 Å². The van der Waals surface area contributed by atoms with Gasteiger partial charge in [0.05, 0.1) is 12.0 Å². The number of carboxylic acid groups (broad SMARTS) is 1. The third kappa shape index (κ3) is 2.63. The summed E-state index contributed by atoms with van der Waals surface area (Å²) in [6.07, 6.45) is -0.608. The van der Waals surface area contributed by atoms with Gasteiger partial charge in [-0.1, -0.05) is 6.07 Å². The van der Waals surface area contributed by atoms with Crippen molar-refractivity contribution in [3.05, 3.63) is 58.7 Å². The molecule has 0 fully saturated rings. The van der Waals surface area contributed by atoms with Crippen LogP contribution >= 0.6 is 0 Å². The maximum Gasteiger partial charge on any atom is 0.307 e. The van der Waals surface area contributed by atoms with Crippen LogP contribution in [0.3, 0.4) is 0 Å². The van der Waals surface area contributed by atoms with Gasteiger partial charge in [0.1, 0.15) is 5.82 Å². The summed E-state index contributed by atoms with van der Waals surface area (Å²) >= 11 is 0. The van der Waals surface area contributed by atoms with Gasteiger partial charge in [-0.15, -0.1) is 0 Å². The van der Waals surface area contributed by atoms with Crippen molar-refractivity contribution in [2.24, 2.45) is 0 Å². The summed E-state index contributed by atoms with van der Waals surface area (Å²) in [5.74, 6) is -13.7. The van der Waals surface area contributed by atoms with Crippen LogP contribution in [0.15, 0.2) is 18.2 Å². The predicted octanol–water partition coefficient (Wildman–Crippen LogP) is 3.82. The molecule has 1 N–H and O–H groups in total. The number of carboxylic acids is 1. The van der Waals surface area contributed by atoms with Crippen molar-refractivity contribution >= 4 is 5.97 Å². The third-order valence-electron chi connectivity index (χ3n) is 2.87. The van der Waals surface area contributed by atoms with Gasteiger partial charge in [-0.25, -0.2) is 26.3 Å². The number of halogens is 6. The number of carbonyl (C=O) groups is 1. The fourth-order valence-electron chi connectivity index (χ4n) is 1.89. The lowest BCUT2D eigenvalue weighted by Gasteiger charge is -2.10. The zero-order valence-electron chi connectivity index (χ0n) is 10.6. The van der Waals surface area contributed by atoms with Gasteiger partial charge < -0.3 is 5.11 Å². The van der Waals surface area contributed by atoms with Crippen LogP contribution in [0, 0.1) is 34.9 Å². The lowest BCUT2D eigenvalue weighted by atomic mass is 9.99. The average molecular weight is 320 g/mol. The fraction of sp³-hybridized carbons (Fsp3) is 0.0714. The van der Waals surface area contributed by atoms with Crippen molar-refractivity contribution in [2.45, 2.75) is 6.42 Å². The van der Waals surface area contributed by atoms with E-state index in [0.717, 1.165) is 12.1 Å². The Kier molecular flexibility index (Phi) is 4.11. The molecule has 0 aliphatic carbocycles. The maximum absolute atomic E-state index is 13.7. The van der Waals surface area contributed by atoms with Gasteiger partial charge in [0.2, 0.25) is 5.82 Å². The molecule has 0 atom stereocenters. The van der Waals surface area contributed by atoms with Gasteiger partial charge in [-0.3, -0.25) is 4.79 Å². The van der Waals surface area contributed by atoms with E-state index in [9.17, 15) is 31.1 Å². The van der Waals surface area contributed by atoms with Crippen LogP contribution in [0.4, 0.5) is 26.3 Å². The lowest BCUT2D eigenvalue weighted by molar-refractivity contribution is -0.136. The van der Waals surface area contributed by atoms with E-state index in [1.807, 2.05) is 0 Å². The summed E-state index contributed by atoms with van der Waals surface area (Å²) < 4.78 is 80.3. The Morgan fingerprint density at radius 3 is 1.86 bits per heavy atom. The molecule has 0 unspecified atom stereocenters. The van der Waals surface area contributed by atoms with Gasteiger partial charge in [0.25, 0.3) is 0 Å². The first kappa shape index (κ1) is 15.9. The Labute approximate surface area is 119 Å². The first-order valence-corrected chi connectivity index (χ1v) is 5.76. The highest BCUT2D eigenvalue weighted by molar-refractivity contribution is 5.72. The third-order valence-corrected chi connectivity index (χ3v) is 2.87. The number of rotatable bonds is 3. The van der Waals surface area contributed by atoms with Gasteiger partial charge in [0, 0.05) is 5.56 Å². The minimum atomic E-state index is -2.36. The Morgan fingerprint density at radius 1 is 0.864 bits per heavy atom. The second kappa shape index (κ2) is 5.70. The quantitative estimate of drug-likeness (QED) is 0.530. The van der Waals surface area contributed by atoms with Crippen molar-refractivity contribution in [3.8, 4) is 11.1 Å². The Bertz CT molecular complexity index is 743. The van der Waals surface area contributed by atoms with Gasteiger partial charge >= 0.3 is 5.97 Å². The van der Waals surface area contributed by atoms with Crippen LogP contribution in [0.25, 0.3) is 11.1 Å². The van der Waals surface area contributed by atoms with Gasteiger partial charge in [-0.2, -0.15) is 0 Å². The number of aliphatic carboxylic acids is 1. The summed E-state index contributed by atoms with van der Waals surface area (Å²) in [6.45, 7) is 0. The molecule has 2 nitrogen and oxygen atoms in total. The number of hydrogen-bond acceptors (Lipinski definition) is 1. The van der Waals surface area contributed by atoms with Crippen LogP contribution in [-0.4, -0.2) is 11.1 Å². The molecule has 0 bridgehead atoms. The molecule has 0 aromatic heterocycles. The van der Waals surface area contributed by atoms with Crippen LogP contribution in [0.5, 0.6) is 0 Å². The fourth-order valence-corrected chi connectivity index (χ4v) is 1.89. The molecule has 22 heavy (non-hydrogen) atoms. The van der Waals surface area contributed by atoms with Crippen molar-refractivity contribution in [1.82, 2.24) is 0 Å². The van der Waals surface area contributed by atoms with E-state index >= 15 is 0 Å². The molecule has 8 heteroatoms. The topological polar surface area (TPSA) is 37.3 Å². The molecule has 0 radical (unpaired) electrons. The molecule has 0 saturated heterocycles. The zero-order chi connectivity index (χ0) is 16.6. The lowest BCUT2D eigenvalue weighted by Crippen LogP contribution is -2.06. The highest BCUT2D eigenvalue weighted by Gasteiger charge is 2.28. The van der Waals surface area contributed by atoms with E-state index in [4.69, 9.17) is 5.11 Å². The van der Waals surface area contributed by atoms with Crippen molar-refractivity contribution in [1.29, 1.82) is 0 Å². The van der Waals surface area contributed by atoms with E-state index in [2.05, 4.69) is 0 Å². The molecule has 0 aliphatic heterocycles. The Balaban J connectivity index is 2.74.